The molecule has 0 fully saturated rings. The van der Waals surface area contributed by atoms with Crippen LogP contribution >= 0.6 is 0 Å². The van der Waals surface area contributed by atoms with Crippen molar-refractivity contribution in [2.24, 2.45) is 0 Å². The van der Waals surface area contributed by atoms with Crippen LogP contribution in [0.5, 0.6) is 11.5 Å². The summed E-state index contributed by atoms with van der Waals surface area (Å²) >= 11 is 0. The summed E-state index contributed by atoms with van der Waals surface area (Å²) in [5, 5.41) is 6.95. The van der Waals surface area contributed by atoms with Gasteiger partial charge in [0.05, 0.1) is 33.3 Å². The van der Waals surface area contributed by atoms with Gasteiger partial charge in [-0.2, -0.15) is 0 Å². The molecule has 0 bridgehead atoms. The van der Waals surface area contributed by atoms with Crippen LogP contribution in [0.2, 0.25) is 0 Å². The molecule has 310 valence electrons. The quantitative estimate of drug-likeness (QED) is 0.166. The number of hydrogen-bond acceptors (Lipinski definition) is 6. The number of anilines is 4. The third kappa shape index (κ3) is 5.36. The first kappa shape index (κ1) is 36.5. The third-order valence-corrected chi connectivity index (χ3v) is 13.3. The van der Waals surface area contributed by atoms with Gasteiger partial charge in [-0.3, -0.25) is 4.40 Å². The number of para-hydroxylation sites is 4. The fourth-order valence-corrected chi connectivity index (χ4v) is 10.5. The molecular formula is C58H37N7O. The highest BCUT2D eigenvalue weighted by Crippen LogP contribution is 2.49. The summed E-state index contributed by atoms with van der Waals surface area (Å²) in [6.07, 6.45) is 5.44. The summed E-state index contributed by atoms with van der Waals surface area (Å²) in [6.45, 7) is 0.499. The molecule has 8 nitrogen and oxygen atoms in total. The predicted molar refractivity (Wildman–Crippen MR) is 269 cm³/mol. The van der Waals surface area contributed by atoms with Gasteiger partial charge in [-0.15, -0.1) is 0 Å². The maximum absolute atomic E-state index is 6.86. The van der Waals surface area contributed by atoms with Gasteiger partial charge in [0.1, 0.15) is 23.8 Å². The summed E-state index contributed by atoms with van der Waals surface area (Å²) in [7, 11) is 0. The molecule has 0 amide bonds. The van der Waals surface area contributed by atoms with Crippen molar-refractivity contribution in [1.82, 2.24) is 23.8 Å². The summed E-state index contributed by atoms with van der Waals surface area (Å²) in [5.41, 5.74) is 13.0. The van der Waals surface area contributed by atoms with Crippen LogP contribution in [-0.4, -0.2) is 30.4 Å². The van der Waals surface area contributed by atoms with Gasteiger partial charge in [0.15, 0.2) is 11.6 Å². The molecule has 0 spiro atoms. The first-order chi connectivity index (χ1) is 32.8. The number of nitrogens with zero attached hydrogens (tertiary/aromatic N) is 7. The van der Waals surface area contributed by atoms with E-state index in [4.69, 9.17) is 19.7 Å². The molecule has 0 unspecified atom stereocenters. The number of fused-ring (bicyclic) bond motifs is 11. The largest absolute Gasteiger partial charge is 0.457 e. The lowest BCUT2D eigenvalue weighted by Gasteiger charge is -2.26. The zero-order valence-electron chi connectivity index (χ0n) is 35.5. The number of rotatable bonds is 6. The number of hydrogen-bond donors (Lipinski definition) is 0. The van der Waals surface area contributed by atoms with Crippen molar-refractivity contribution in [1.29, 1.82) is 0 Å². The molecule has 66 heavy (non-hydrogen) atoms. The Bertz CT molecular complexity index is 4030. The smallest absolute Gasteiger partial charge is 0.178 e. The third-order valence-electron chi connectivity index (χ3n) is 13.3. The van der Waals surface area contributed by atoms with Crippen LogP contribution in [0, 0.1) is 0 Å². The van der Waals surface area contributed by atoms with Crippen molar-refractivity contribution in [3.8, 4) is 33.8 Å². The Labute approximate surface area is 378 Å². The van der Waals surface area contributed by atoms with Crippen LogP contribution in [0.3, 0.4) is 0 Å². The average molecular weight is 848 g/mol. The van der Waals surface area contributed by atoms with Gasteiger partial charge in [0.25, 0.3) is 0 Å². The molecule has 1 aliphatic rings. The van der Waals surface area contributed by atoms with Gasteiger partial charge < -0.3 is 18.9 Å². The van der Waals surface area contributed by atoms with E-state index in [0.29, 0.717) is 12.4 Å². The van der Waals surface area contributed by atoms with E-state index in [2.05, 4.69) is 195 Å². The zero-order valence-corrected chi connectivity index (χ0v) is 35.5. The fraction of sp³-hybridized carbons (Fsp3) is 0.0172. The summed E-state index contributed by atoms with van der Waals surface area (Å²) in [4.78, 5) is 19.6. The highest BCUT2D eigenvalue weighted by Gasteiger charge is 2.34. The van der Waals surface area contributed by atoms with Gasteiger partial charge >= 0.3 is 0 Å². The van der Waals surface area contributed by atoms with Crippen LogP contribution in [0.1, 0.15) is 0 Å². The van der Waals surface area contributed by atoms with Gasteiger partial charge in [-0.05, 0) is 59.7 Å². The van der Waals surface area contributed by atoms with E-state index in [0.717, 1.165) is 94.8 Å². The first-order valence-electron chi connectivity index (χ1n) is 22.2. The Kier molecular flexibility index (Phi) is 7.88. The lowest BCUT2D eigenvalue weighted by atomic mass is 9.95. The van der Waals surface area contributed by atoms with E-state index in [-0.39, 0.29) is 0 Å². The molecule has 14 rings (SSSR count). The van der Waals surface area contributed by atoms with Crippen molar-refractivity contribution in [3.05, 3.63) is 213 Å². The Hall–Kier alpha value is -9.01. The minimum atomic E-state index is 0.499. The first-order valence-corrected chi connectivity index (χ1v) is 22.2. The minimum absolute atomic E-state index is 0.499. The van der Waals surface area contributed by atoms with Crippen molar-refractivity contribution in [2.45, 2.75) is 0 Å². The maximum atomic E-state index is 6.86. The Morgan fingerprint density at radius 1 is 0.379 bits per heavy atom. The van der Waals surface area contributed by atoms with Crippen LogP contribution in [0.15, 0.2) is 213 Å². The minimum Gasteiger partial charge on any atom is -0.457 e. The molecule has 0 saturated heterocycles. The lowest BCUT2D eigenvalue weighted by molar-refractivity contribution is 0.483. The molecule has 8 heteroatoms. The van der Waals surface area contributed by atoms with E-state index in [1.165, 1.54) is 21.8 Å². The fourth-order valence-electron chi connectivity index (χ4n) is 10.5. The van der Waals surface area contributed by atoms with Crippen molar-refractivity contribution in [3.63, 3.8) is 0 Å². The molecular weight excluding hydrogens is 811 g/mol. The van der Waals surface area contributed by atoms with Crippen LogP contribution in [-0.2, 0) is 0 Å². The van der Waals surface area contributed by atoms with E-state index in [1.54, 1.807) is 12.4 Å². The molecule has 0 saturated carbocycles. The molecule has 0 atom stereocenters. The highest BCUT2D eigenvalue weighted by molar-refractivity contribution is 6.23. The summed E-state index contributed by atoms with van der Waals surface area (Å²) in [5.74, 6) is 3.01. The zero-order chi connectivity index (χ0) is 43.3. The maximum Gasteiger partial charge on any atom is 0.178 e. The second kappa shape index (κ2) is 14.3. The monoisotopic (exact) mass is 847 g/mol. The van der Waals surface area contributed by atoms with Gasteiger partial charge in [0, 0.05) is 79.9 Å². The summed E-state index contributed by atoms with van der Waals surface area (Å²) < 4.78 is 11.6. The van der Waals surface area contributed by atoms with Gasteiger partial charge in [0.2, 0.25) is 0 Å². The normalized spacial score (nSPS) is 12.7. The Balaban J connectivity index is 0.907. The Morgan fingerprint density at radius 2 is 0.970 bits per heavy atom. The number of pyridine rings is 1. The van der Waals surface area contributed by atoms with E-state index < -0.39 is 0 Å². The second-order valence-electron chi connectivity index (χ2n) is 16.9. The number of benzene rings is 8. The van der Waals surface area contributed by atoms with E-state index in [9.17, 15) is 0 Å². The standard InChI is InChI=1S/C58H37N7O/c1-3-14-37(15-4-1)42-21-10-22-43(38-16-5-2-6-17-38)53(42)63-36-62(57-58(63)61-33-32-60-57)39-18-9-19-40(34-39)66-41-29-30-45-47-25-12-28-51-55(47)65(52(45)35-41)56-49(26-13-31-59-56)48-24-11-23-46-44-20-7-8-27-50(44)64(51)54(46)48/h1-35H,36H2. The molecule has 5 aromatic heterocycles. The SMILES string of the molecule is c1ccc(-c2cccc(-c3ccccc3)c2N2CN(c3cccc(Oc4ccc5c6cccc7c6n(c5c4)c4ncccc4c4cccc5c6ccccc6n7c54)c3)c3nccnc32)cc1. The van der Waals surface area contributed by atoms with Crippen LogP contribution < -0.4 is 14.5 Å². The highest BCUT2D eigenvalue weighted by atomic mass is 16.5. The second-order valence-corrected chi connectivity index (χ2v) is 16.9. The number of ether oxygens (including phenoxy) is 1. The van der Waals surface area contributed by atoms with Crippen molar-refractivity contribution < 1.29 is 4.74 Å². The van der Waals surface area contributed by atoms with E-state index in [1.807, 2.05) is 24.4 Å². The van der Waals surface area contributed by atoms with Gasteiger partial charge in [-0.1, -0.05) is 133 Å². The van der Waals surface area contributed by atoms with Crippen molar-refractivity contribution in [2.75, 3.05) is 16.5 Å². The van der Waals surface area contributed by atoms with Crippen LogP contribution in [0.4, 0.5) is 23.0 Å². The lowest BCUT2D eigenvalue weighted by Crippen LogP contribution is -2.25. The molecule has 13 aromatic rings. The van der Waals surface area contributed by atoms with Crippen LogP contribution in [0.25, 0.3) is 87.8 Å². The molecule has 0 radical (unpaired) electrons. The predicted octanol–water partition coefficient (Wildman–Crippen LogP) is 14.5. The van der Waals surface area contributed by atoms with E-state index >= 15 is 0 Å². The molecule has 0 aliphatic carbocycles. The number of aromatic nitrogens is 5. The Morgan fingerprint density at radius 3 is 1.76 bits per heavy atom. The van der Waals surface area contributed by atoms with Gasteiger partial charge in [-0.25, -0.2) is 15.0 Å². The topological polar surface area (TPSA) is 63.2 Å². The molecule has 1 aliphatic heterocycles. The molecule has 8 aromatic carbocycles. The van der Waals surface area contributed by atoms with Crippen molar-refractivity contribution >= 4 is 88.6 Å². The molecule has 6 heterocycles. The average Bonchev–Trinajstić information content (AvgIpc) is 4.04. The molecule has 0 N–H and O–H groups in total. The summed E-state index contributed by atoms with van der Waals surface area (Å²) in [6, 6.07) is 68.6.